The molecule has 0 aromatic heterocycles. The van der Waals surface area contributed by atoms with Crippen LogP contribution in [0.2, 0.25) is 0 Å². The van der Waals surface area contributed by atoms with Crippen LogP contribution < -0.4 is 5.32 Å². The van der Waals surface area contributed by atoms with Gasteiger partial charge in [-0.2, -0.15) is 0 Å². The quantitative estimate of drug-likeness (QED) is 0.730. The van der Waals surface area contributed by atoms with Gasteiger partial charge in [0.2, 0.25) is 0 Å². The summed E-state index contributed by atoms with van der Waals surface area (Å²) in [6.45, 7) is 4.75. The molecular weight excluding hydrogens is 186 g/mol. The molecule has 15 heavy (non-hydrogen) atoms. The Bertz CT molecular complexity index is 205. The van der Waals surface area contributed by atoms with Gasteiger partial charge >= 0.3 is 0 Å². The summed E-state index contributed by atoms with van der Waals surface area (Å²) in [5, 5.41) is 13.0. The number of hydrogen-bond acceptors (Lipinski definition) is 2. The van der Waals surface area contributed by atoms with Crippen molar-refractivity contribution in [3.63, 3.8) is 0 Å². The van der Waals surface area contributed by atoms with E-state index < -0.39 is 0 Å². The molecule has 0 aromatic carbocycles. The lowest BCUT2D eigenvalue weighted by atomic mass is 9.93. The molecular formula is C13H25NO. The predicted octanol–water partition coefficient (Wildman–Crippen LogP) is 2.17. The van der Waals surface area contributed by atoms with Crippen LogP contribution in [0.1, 0.15) is 46.0 Å². The summed E-state index contributed by atoms with van der Waals surface area (Å²) < 4.78 is 0. The molecule has 0 heterocycles. The fourth-order valence-corrected chi connectivity index (χ4v) is 3.52. The van der Waals surface area contributed by atoms with E-state index in [0.717, 1.165) is 18.3 Å². The highest BCUT2D eigenvalue weighted by atomic mass is 16.3. The number of fused-ring (bicyclic) bond motifs is 2. The second-order valence-electron chi connectivity index (χ2n) is 5.96. The average Bonchev–Trinajstić information content (AvgIpc) is 2.77. The normalized spacial score (nSPS) is 36.4. The maximum atomic E-state index is 9.34. The van der Waals surface area contributed by atoms with Gasteiger partial charge in [-0.25, -0.2) is 0 Å². The lowest BCUT2D eigenvalue weighted by Crippen LogP contribution is -2.43. The summed E-state index contributed by atoms with van der Waals surface area (Å²) >= 11 is 0. The van der Waals surface area contributed by atoms with Gasteiger partial charge < -0.3 is 10.4 Å². The largest absolute Gasteiger partial charge is 0.395 e. The molecule has 2 saturated carbocycles. The summed E-state index contributed by atoms with van der Waals surface area (Å²) in [6, 6.07) is 1.04. The van der Waals surface area contributed by atoms with Gasteiger partial charge in [-0.05, 0) is 43.4 Å². The van der Waals surface area contributed by atoms with Gasteiger partial charge in [0.1, 0.15) is 0 Å². The van der Waals surface area contributed by atoms with E-state index in [9.17, 15) is 5.11 Å². The molecule has 2 rings (SSSR count). The molecule has 0 amide bonds. The Labute approximate surface area is 93.5 Å². The van der Waals surface area contributed by atoms with Crippen molar-refractivity contribution in [2.24, 2.45) is 17.8 Å². The van der Waals surface area contributed by atoms with Crippen molar-refractivity contribution in [2.45, 2.75) is 58.0 Å². The van der Waals surface area contributed by atoms with Crippen LogP contribution in [-0.4, -0.2) is 23.8 Å². The van der Waals surface area contributed by atoms with Crippen LogP contribution in [0.15, 0.2) is 0 Å². The minimum Gasteiger partial charge on any atom is -0.395 e. The molecule has 0 aromatic rings. The Hall–Kier alpha value is -0.0800. The van der Waals surface area contributed by atoms with Gasteiger partial charge in [-0.15, -0.1) is 0 Å². The summed E-state index contributed by atoms with van der Waals surface area (Å²) in [4.78, 5) is 0. The van der Waals surface area contributed by atoms with Gasteiger partial charge in [0, 0.05) is 12.1 Å². The average molecular weight is 211 g/mol. The second-order valence-corrected chi connectivity index (χ2v) is 5.96. The van der Waals surface area contributed by atoms with Crippen molar-refractivity contribution >= 4 is 0 Å². The van der Waals surface area contributed by atoms with E-state index in [2.05, 4.69) is 19.2 Å². The third-order valence-corrected chi connectivity index (χ3v) is 4.16. The van der Waals surface area contributed by atoms with E-state index in [1.807, 2.05) is 0 Å². The van der Waals surface area contributed by atoms with E-state index in [-0.39, 0.29) is 0 Å². The van der Waals surface area contributed by atoms with Crippen LogP contribution in [0.3, 0.4) is 0 Å². The van der Waals surface area contributed by atoms with E-state index in [1.54, 1.807) is 0 Å². The maximum absolute atomic E-state index is 9.34. The second kappa shape index (κ2) is 4.84. The molecule has 2 bridgehead atoms. The molecule has 0 saturated heterocycles. The van der Waals surface area contributed by atoms with Crippen LogP contribution in [0.25, 0.3) is 0 Å². The topological polar surface area (TPSA) is 32.3 Å². The number of aliphatic hydroxyl groups is 1. The fraction of sp³-hybridized carbons (Fsp3) is 1.00. The van der Waals surface area contributed by atoms with E-state index in [0.29, 0.717) is 24.6 Å². The van der Waals surface area contributed by atoms with E-state index >= 15 is 0 Å². The fourth-order valence-electron chi connectivity index (χ4n) is 3.52. The summed E-state index contributed by atoms with van der Waals surface area (Å²) in [5.41, 5.74) is 0. The number of aliphatic hydroxyl groups excluding tert-OH is 1. The van der Waals surface area contributed by atoms with E-state index in [1.165, 1.54) is 25.7 Å². The van der Waals surface area contributed by atoms with Crippen LogP contribution >= 0.6 is 0 Å². The van der Waals surface area contributed by atoms with Crippen molar-refractivity contribution in [3.05, 3.63) is 0 Å². The van der Waals surface area contributed by atoms with Crippen LogP contribution in [0, 0.1) is 17.8 Å². The van der Waals surface area contributed by atoms with Gasteiger partial charge in [0.05, 0.1) is 6.61 Å². The smallest absolute Gasteiger partial charge is 0.0584 e. The van der Waals surface area contributed by atoms with Crippen molar-refractivity contribution in [1.29, 1.82) is 0 Å². The van der Waals surface area contributed by atoms with Crippen molar-refractivity contribution < 1.29 is 5.11 Å². The summed E-state index contributed by atoms with van der Waals surface area (Å²) in [7, 11) is 0. The highest BCUT2D eigenvalue weighted by molar-refractivity contribution is 4.95. The SMILES string of the molecule is CC(C)C[C@@H](CO)N[C@H]1C[C@@H]2CC[C@@H]1C2. The number of rotatable bonds is 5. The van der Waals surface area contributed by atoms with Crippen molar-refractivity contribution in [3.8, 4) is 0 Å². The Morgan fingerprint density at radius 3 is 2.53 bits per heavy atom. The standard InChI is InChI=1S/C13H25NO/c1-9(2)5-12(8-15)14-13-7-10-3-4-11(13)6-10/h9-15H,3-8H2,1-2H3/t10-,11-,12+,13+/m1/s1. The summed E-state index contributed by atoms with van der Waals surface area (Å²) in [5.74, 6) is 2.58. The van der Waals surface area contributed by atoms with Gasteiger partial charge in [-0.3, -0.25) is 0 Å². The zero-order valence-corrected chi connectivity index (χ0v) is 10.1. The van der Waals surface area contributed by atoms with E-state index in [4.69, 9.17) is 0 Å². The molecule has 0 unspecified atom stereocenters. The van der Waals surface area contributed by atoms with Crippen molar-refractivity contribution in [1.82, 2.24) is 5.32 Å². The molecule has 2 heteroatoms. The van der Waals surface area contributed by atoms with Crippen LogP contribution in [0.5, 0.6) is 0 Å². The molecule has 2 nitrogen and oxygen atoms in total. The molecule has 2 fully saturated rings. The highest BCUT2D eigenvalue weighted by Crippen LogP contribution is 2.44. The first-order valence-electron chi connectivity index (χ1n) is 6.56. The molecule has 2 N–H and O–H groups in total. The zero-order valence-electron chi connectivity index (χ0n) is 10.1. The highest BCUT2D eigenvalue weighted by Gasteiger charge is 2.39. The Morgan fingerprint density at radius 2 is 2.07 bits per heavy atom. The predicted molar refractivity (Wildman–Crippen MR) is 62.7 cm³/mol. The van der Waals surface area contributed by atoms with Crippen LogP contribution in [-0.2, 0) is 0 Å². The lowest BCUT2D eigenvalue weighted by Gasteiger charge is -2.28. The Balaban J connectivity index is 1.79. The monoisotopic (exact) mass is 211 g/mol. The molecule has 0 spiro atoms. The summed E-state index contributed by atoms with van der Waals surface area (Å²) in [6.07, 6.45) is 6.78. The Kier molecular flexibility index (Phi) is 3.68. The maximum Gasteiger partial charge on any atom is 0.0584 e. The minimum atomic E-state index is 0.298. The number of nitrogens with one attached hydrogen (secondary N) is 1. The molecule has 2 aliphatic carbocycles. The molecule has 2 aliphatic rings. The third kappa shape index (κ3) is 2.73. The molecule has 4 atom stereocenters. The first kappa shape index (κ1) is 11.4. The molecule has 0 aliphatic heterocycles. The molecule has 88 valence electrons. The number of hydrogen-bond donors (Lipinski definition) is 2. The van der Waals surface area contributed by atoms with Gasteiger partial charge in [0.15, 0.2) is 0 Å². The van der Waals surface area contributed by atoms with Gasteiger partial charge in [0.25, 0.3) is 0 Å². The first-order valence-corrected chi connectivity index (χ1v) is 6.56. The first-order chi connectivity index (χ1) is 7.19. The zero-order chi connectivity index (χ0) is 10.8. The van der Waals surface area contributed by atoms with Crippen molar-refractivity contribution in [2.75, 3.05) is 6.61 Å². The van der Waals surface area contributed by atoms with Crippen LogP contribution in [0.4, 0.5) is 0 Å². The Morgan fingerprint density at radius 1 is 1.27 bits per heavy atom. The van der Waals surface area contributed by atoms with Gasteiger partial charge in [-0.1, -0.05) is 20.3 Å². The molecule has 0 radical (unpaired) electrons. The lowest BCUT2D eigenvalue weighted by molar-refractivity contribution is 0.197. The third-order valence-electron chi connectivity index (χ3n) is 4.16. The minimum absolute atomic E-state index is 0.298.